The number of nitrogens with two attached hydrogens (primary N) is 1. The van der Waals surface area contributed by atoms with Crippen molar-refractivity contribution in [3.05, 3.63) is 45.9 Å². The molecule has 0 unspecified atom stereocenters. The Morgan fingerprint density at radius 2 is 2.03 bits per heavy atom. The van der Waals surface area contributed by atoms with E-state index < -0.39 is 0 Å². The maximum Gasteiger partial charge on any atom is 0.160 e. The van der Waals surface area contributed by atoms with Crippen molar-refractivity contribution < 1.29 is 9.47 Å². The third kappa shape index (κ3) is 4.30. The molecule has 0 amide bonds. The molecule has 4 aliphatic rings. The monoisotopic (exact) mass is 467 g/mol. The van der Waals surface area contributed by atoms with E-state index >= 15 is 0 Å². The van der Waals surface area contributed by atoms with Gasteiger partial charge in [-0.3, -0.25) is 9.88 Å². The van der Waals surface area contributed by atoms with Gasteiger partial charge in [-0.2, -0.15) is 19.4 Å². The van der Waals surface area contributed by atoms with Crippen molar-refractivity contribution in [2.75, 3.05) is 40.0 Å². The fraction of sp³-hybridized carbons (Fsp3) is 0.478. The predicted molar refractivity (Wildman–Crippen MR) is 129 cm³/mol. The lowest BCUT2D eigenvalue weighted by Crippen LogP contribution is -2.37. The maximum absolute atomic E-state index is 6.33. The molecule has 0 aromatic carbocycles. The largest absolute Gasteiger partial charge is 0.496 e. The number of aromatic nitrogens is 4. The summed E-state index contributed by atoms with van der Waals surface area (Å²) in [6.45, 7) is 9.02. The van der Waals surface area contributed by atoms with Crippen LogP contribution in [0.4, 0.5) is 0 Å². The van der Waals surface area contributed by atoms with Gasteiger partial charge in [0.2, 0.25) is 0 Å². The van der Waals surface area contributed by atoms with Crippen LogP contribution < -0.4 is 10.5 Å². The van der Waals surface area contributed by atoms with Gasteiger partial charge in [0, 0.05) is 48.3 Å². The first kappa shape index (κ1) is 22.1. The van der Waals surface area contributed by atoms with E-state index in [1.165, 1.54) is 23.1 Å². The van der Waals surface area contributed by atoms with Crippen molar-refractivity contribution in [3.8, 4) is 17.0 Å². The fourth-order valence-electron chi connectivity index (χ4n) is 4.61. The molecule has 1 aromatic rings. The molecule has 3 aliphatic heterocycles. The lowest BCUT2D eigenvalue weighted by Gasteiger charge is -2.26. The highest BCUT2D eigenvalue weighted by atomic mass is 32.2. The summed E-state index contributed by atoms with van der Waals surface area (Å²) in [7, 11) is 1.68. The molecule has 1 aliphatic carbocycles. The van der Waals surface area contributed by atoms with Crippen molar-refractivity contribution >= 4 is 17.8 Å². The zero-order chi connectivity index (χ0) is 22.9. The van der Waals surface area contributed by atoms with Crippen molar-refractivity contribution in [2.45, 2.75) is 32.6 Å². The van der Waals surface area contributed by atoms with Gasteiger partial charge in [-0.25, -0.2) is 0 Å². The van der Waals surface area contributed by atoms with Crippen LogP contribution in [0, 0.1) is 13.8 Å². The van der Waals surface area contributed by atoms with Crippen molar-refractivity contribution in [1.29, 1.82) is 0 Å². The van der Waals surface area contributed by atoms with Crippen LogP contribution in [0.1, 0.15) is 33.6 Å². The number of rotatable bonds is 6. The highest BCUT2D eigenvalue weighted by Crippen LogP contribution is 2.38. The average molecular weight is 468 g/mol. The summed E-state index contributed by atoms with van der Waals surface area (Å²) in [6.07, 6.45) is 2.79. The second kappa shape index (κ2) is 9.28. The number of morpholine rings is 1. The molecule has 5 rings (SSSR count). The zero-order valence-corrected chi connectivity index (χ0v) is 20.1. The third-order valence-electron chi connectivity index (χ3n) is 6.39. The number of nitrogens with zero attached hydrogens (tertiary/aromatic N) is 6. The average Bonchev–Trinajstić information content (AvgIpc) is 3.07. The van der Waals surface area contributed by atoms with Gasteiger partial charge < -0.3 is 15.2 Å². The second-order valence-corrected chi connectivity index (χ2v) is 9.22. The number of pyridine rings is 1. The third-order valence-corrected chi connectivity index (χ3v) is 7.13. The van der Waals surface area contributed by atoms with Gasteiger partial charge in [-0.15, -0.1) is 0 Å². The minimum absolute atomic E-state index is 0.426. The van der Waals surface area contributed by atoms with E-state index in [4.69, 9.17) is 25.4 Å². The van der Waals surface area contributed by atoms with E-state index in [1.54, 1.807) is 11.9 Å². The SMILES string of the molecule is COc1c(C)cnc(Cn2nc3cc(CCN4CCOCC4)c4c-3c(n2)C(N)=NSC4)c1C. The minimum Gasteiger partial charge on any atom is -0.496 e. The minimum atomic E-state index is 0.426. The van der Waals surface area contributed by atoms with Gasteiger partial charge >= 0.3 is 0 Å². The van der Waals surface area contributed by atoms with E-state index in [0.29, 0.717) is 18.1 Å². The van der Waals surface area contributed by atoms with Crippen molar-refractivity contribution in [3.63, 3.8) is 0 Å². The molecule has 0 bridgehead atoms. The summed E-state index contributed by atoms with van der Waals surface area (Å²) >= 11 is 1.48. The molecule has 0 spiro atoms. The van der Waals surface area contributed by atoms with Crippen molar-refractivity contribution in [2.24, 2.45) is 10.1 Å². The quantitative estimate of drug-likeness (QED) is 0.550. The number of amidine groups is 1. The number of hydrogen-bond acceptors (Lipinski definition) is 9. The van der Waals surface area contributed by atoms with Crippen LogP contribution in [0.3, 0.4) is 0 Å². The molecule has 0 radical (unpaired) electrons. The summed E-state index contributed by atoms with van der Waals surface area (Å²) < 4.78 is 15.5. The van der Waals surface area contributed by atoms with E-state index in [-0.39, 0.29) is 0 Å². The van der Waals surface area contributed by atoms with Gasteiger partial charge in [0.15, 0.2) is 5.84 Å². The standard InChI is InChI=1S/C23H29N7O2S/c1-14-11-25-19(15(2)22(14)31-3)12-30-26-18-10-16(4-5-29-6-8-32-9-7-29)17-13-33-28-23(24)21(27-30)20(17)18/h10-11H,4-9,12-13H2,1-3H3,(H2,24,28). The topological polar surface area (TPSA) is 104 Å². The number of methoxy groups -OCH3 is 1. The van der Waals surface area contributed by atoms with Crippen LogP contribution in [0.2, 0.25) is 0 Å². The molecular formula is C23H29N7O2S. The summed E-state index contributed by atoms with van der Waals surface area (Å²) in [6, 6.07) is 2.20. The lowest BCUT2D eigenvalue weighted by atomic mass is 10.1. The lowest BCUT2D eigenvalue weighted by molar-refractivity contribution is 0.0384. The maximum atomic E-state index is 6.33. The summed E-state index contributed by atoms with van der Waals surface area (Å²) in [4.78, 5) is 8.74. The normalized spacial score (nSPS) is 16.6. The number of ether oxygens (including phenoxy) is 2. The van der Waals surface area contributed by atoms with Crippen LogP contribution in [-0.4, -0.2) is 70.7 Å². The first-order valence-corrected chi connectivity index (χ1v) is 12.1. The number of aryl methyl sites for hydroxylation is 1. The summed E-state index contributed by atoms with van der Waals surface area (Å²) in [5, 5.41) is 9.63. The van der Waals surface area contributed by atoms with Crippen LogP contribution in [0.5, 0.6) is 5.75 Å². The fourth-order valence-corrected chi connectivity index (χ4v) is 5.36. The molecule has 0 saturated carbocycles. The van der Waals surface area contributed by atoms with Crippen LogP contribution >= 0.6 is 11.9 Å². The van der Waals surface area contributed by atoms with E-state index in [1.807, 2.05) is 20.0 Å². The number of hydrogen-bond donors (Lipinski definition) is 1. The zero-order valence-electron chi connectivity index (χ0n) is 19.3. The Morgan fingerprint density at radius 1 is 1.21 bits per heavy atom. The van der Waals surface area contributed by atoms with Crippen LogP contribution in [0.15, 0.2) is 16.7 Å². The van der Waals surface area contributed by atoms with Gasteiger partial charge in [0.25, 0.3) is 0 Å². The second-order valence-electron chi connectivity index (χ2n) is 8.49. The Kier molecular flexibility index (Phi) is 6.22. The van der Waals surface area contributed by atoms with Gasteiger partial charge in [0.05, 0.1) is 31.7 Å². The predicted octanol–water partition coefficient (Wildman–Crippen LogP) is 2.19. The molecule has 1 saturated heterocycles. The molecule has 9 nitrogen and oxygen atoms in total. The summed E-state index contributed by atoms with van der Waals surface area (Å²) in [5.74, 6) is 2.06. The van der Waals surface area contributed by atoms with E-state index in [0.717, 1.165) is 78.8 Å². The smallest absolute Gasteiger partial charge is 0.160 e. The Balaban J connectivity index is 1.50. The molecule has 1 fully saturated rings. The van der Waals surface area contributed by atoms with Crippen LogP contribution in [-0.2, 0) is 23.5 Å². The first-order valence-electron chi connectivity index (χ1n) is 11.2. The molecule has 2 N–H and O–H groups in total. The first-order chi connectivity index (χ1) is 16.0. The molecule has 0 atom stereocenters. The van der Waals surface area contributed by atoms with E-state index in [9.17, 15) is 0 Å². The Bertz CT molecular complexity index is 1170. The highest BCUT2D eigenvalue weighted by Gasteiger charge is 2.27. The molecule has 1 aromatic heterocycles. The summed E-state index contributed by atoms with van der Waals surface area (Å²) in [5.41, 5.74) is 14.4. The molecule has 4 heterocycles. The van der Waals surface area contributed by atoms with Gasteiger partial charge in [-0.05, 0) is 49.4 Å². The molecule has 33 heavy (non-hydrogen) atoms. The van der Waals surface area contributed by atoms with Crippen molar-refractivity contribution in [1.82, 2.24) is 24.9 Å². The Hall–Kier alpha value is -2.69. The highest BCUT2D eigenvalue weighted by molar-refractivity contribution is 7.97. The van der Waals surface area contributed by atoms with Gasteiger partial charge in [0.1, 0.15) is 18.0 Å². The molecular weight excluding hydrogens is 438 g/mol. The van der Waals surface area contributed by atoms with E-state index in [2.05, 4.69) is 20.3 Å². The van der Waals surface area contributed by atoms with Gasteiger partial charge in [-0.1, -0.05) is 0 Å². The van der Waals surface area contributed by atoms with Crippen LogP contribution in [0.25, 0.3) is 11.3 Å². The Labute approximate surface area is 197 Å². The Morgan fingerprint density at radius 3 is 2.82 bits per heavy atom. The molecule has 174 valence electrons. The molecule has 10 heteroatoms.